The highest BCUT2D eigenvalue weighted by molar-refractivity contribution is 7.80. The van der Waals surface area contributed by atoms with Gasteiger partial charge in [-0.3, -0.25) is 9.89 Å². The molecule has 0 aliphatic heterocycles. The smallest absolute Gasteiger partial charge is 0.270 e. The molecule has 1 aliphatic carbocycles. The molecule has 6 heteroatoms. The van der Waals surface area contributed by atoms with Crippen LogP contribution in [0.15, 0.2) is 12.3 Å². The lowest BCUT2D eigenvalue weighted by Crippen LogP contribution is -2.57. The minimum Gasteiger partial charge on any atom is -0.391 e. The van der Waals surface area contributed by atoms with Gasteiger partial charge in [0.25, 0.3) is 5.91 Å². The van der Waals surface area contributed by atoms with Crippen LogP contribution in [-0.4, -0.2) is 26.6 Å². The molecule has 1 heterocycles. The Hall–Kier alpha value is -1.43. The molecular formula is C13H20N4OS. The molecule has 0 bridgehead atoms. The number of nitrogens with zero attached hydrogens (tertiary/aromatic N) is 1. The van der Waals surface area contributed by atoms with Crippen LogP contribution in [-0.2, 0) is 0 Å². The highest BCUT2D eigenvalue weighted by Crippen LogP contribution is 2.27. The van der Waals surface area contributed by atoms with E-state index in [0.717, 1.165) is 25.7 Å². The van der Waals surface area contributed by atoms with Crippen molar-refractivity contribution in [3.63, 3.8) is 0 Å². The molecule has 0 saturated heterocycles. The van der Waals surface area contributed by atoms with Gasteiger partial charge in [0.2, 0.25) is 0 Å². The van der Waals surface area contributed by atoms with E-state index in [1.165, 1.54) is 19.3 Å². The summed E-state index contributed by atoms with van der Waals surface area (Å²) >= 11 is 5.22. The number of aromatic amines is 1. The lowest BCUT2D eigenvalue weighted by molar-refractivity contribution is 0.0907. The van der Waals surface area contributed by atoms with Crippen LogP contribution in [0.1, 0.15) is 55.4 Å². The number of thiocarbonyl (C=S) groups is 1. The fourth-order valence-corrected chi connectivity index (χ4v) is 2.86. The molecule has 2 rings (SSSR count). The van der Waals surface area contributed by atoms with Crippen LogP contribution in [0.25, 0.3) is 0 Å². The fraction of sp³-hybridized carbons (Fsp3) is 0.615. The van der Waals surface area contributed by atoms with E-state index in [4.69, 9.17) is 18.0 Å². The Bertz CT molecular complexity index is 436. The first-order chi connectivity index (χ1) is 9.14. The third-order valence-corrected chi connectivity index (χ3v) is 4.17. The van der Waals surface area contributed by atoms with Crippen molar-refractivity contribution in [2.75, 3.05) is 0 Å². The molecule has 0 aromatic carbocycles. The number of carbonyl (C=O) groups is 1. The van der Waals surface area contributed by atoms with Gasteiger partial charge in [0.1, 0.15) is 5.69 Å². The van der Waals surface area contributed by atoms with E-state index in [0.29, 0.717) is 10.7 Å². The number of nitrogens with one attached hydrogen (secondary N) is 2. The normalized spacial score (nSPS) is 19.2. The predicted molar refractivity (Wildman–Crippen MR) is 77.9 cm³/mol. The summed E-state index contributed by atoms with van der Waals surface area (Å²) in [5.41, 5.74) is 5.81. The molecule has 104 valence electrons. The minimum absolute atomic E-state index is 0.189. The molecule has 0 atom stereocenters. The molecule has 0 unspecified atom stereocenters. The van der Waals surface area contributed by atoms with Gasteiger partial charge >= 0.3 is 0 Å². The molecule has 0 radical (unpaired) electrons. The number of H-pyrrole nitrogens is 1. The summed E-state index contributed by atoms with van der Waals surface area (Å²) in [6, 6.07) is 1.64. The number of hydrogen-bond acceptors (Lipinski definition) is 3. The summed E-state index contributed by atoms with van der Waals surface area (Å²) in [6.07, 6.45) is 8.88. The first-order valence-electron chi connectivity index (χ1n) is 6.76. The number of nitrogens with two attached hydrogens (primary N) is 1. The van der Waals surface area contributed by atoms with Crippen LogP contribution < -0.4 is 11.1 Å². The third-order valence-electron chi connectivity index (χ3n) is 3.78. The van der Waals surface area contributed by atoms with Gasteiger partial charge in [-0.2, -0.15) is 5.10 Å². The van der Waals surface area contributed by atoms with Crippen LogP contribution >= 0.6 is 12.2 Å². The van der Waals surface area contributed by atoms with Crippen LogP contribution in [0, 0.1) is 0 Å². The maximum absolute atomic E-state index is 12.2. The Labute approximate surface area is 118 Å². The second-order valence-electron chi connectivity index (χ2n) is 5.14. The Morgan fingerprint density at radius 1 is 1.32 bits per heavy atom. The number of rotatable bonds is 3. The summed E-state index contributed by atoms with van der Waals surface area (Å²) in [6.45, 7) is 0. The van der Waals surface area contributed by atoms with E-state index >= 15 is 0 Å². The first kappa shape index (κ1) is 14.0. The average Bonchev–Trinajstić information content (AvgIpc) is 2.86. The van der Waals surface area contributed by atoms with E-state index in [2.05, 4.69) is 15.5 Å². The highest BCUT2D eigenvalue weighted by Gasteiger charge is 2.35. The first-order valence-corrected chi connectivity index (χ1v) is 7.17. The van der Waals surface area contributed by atoms with Crippen molar-refractivity contribution in [1.82, 2.24) is 15.5 Å². The maximum atomic E-state index is 12.2. The molecule has 1 fully saturated rings. The van der Waals surface area contributed by atoms with E-state index in [-0.39, 0.29) is 5.91 Å². The molecule has 1 aromatic heterocycles. The summed E-state index contributed by atoms with van der Waals surface area (Å²) in [5.74, 6) is -0.189. The monoisotopic (exact) mass is 280 g/mol. The standard InChI is InChI=1S/C13H20N4OS/c14-12(19)13(7-4-2-1-3-5-8-13)16-11(18)10-6-9-15-17-10/h6,9H,1-5,7-8H2,(H2,14,19)(H,15,17)(H,16,18). The van der Waals surface area contributed by atoms with Gasteiger partial charge in [-0.1, -0.05) is 44.3 Å². The van der Waals surface area contributed by atoms with Gasteiger partial charge in [0.05, 0.1) is 10.5 Å². The number of carbonyl (C=O) groups excluding carboxylic acids is 1. The number of amides is 1. The molecular weight excluding hydrogens is 260 g/mol. The Morgan fingerprint density at radius 3 is 2.47 bits per heavy atom. The lowest BCUT2D eigenvalue weighted by Gasteiger charge is -2.35. The molecule has 1 saturated carbocycles. The molecule has 19 heavy (non-hydrogen) atoms. The van der Waals surface area contributed by atoms with Crippen molar-refractivity contribution in [2.24, 2.45) is 5.73 Å². The molecule has 5 nitrogen and oxygen atoms in total. The molecule has 1 amide bonds. The van der Waals surface area contributed by atoms with Gasteiger partial charge < -0.3 is 11.1 Å². The van der Waals surface area contributed by atoms with Crippen molar-refractivity contribution < 1.29 is 4.79 Å². The average molecular weight is 280 g/mol. The molecule has 4 N–H and O–H groups in total. The van der Waals surface area contributed by atoms with E-state index in [9.17, 15) is 4.79 Å². The van der Waals surface area contributed by atoms with Crippen LogP contribution in [0.2, 0.25) is 0 Å². The topological polar surface area (TPSA) is 83.8 Å². The Balaban J connectivity index is 2.13. The van der Waals surface area contributed by atoms with Gasteiger partial charge in [-0.25, -0.2) is 0 Å². The largest absolute Gasteiger partial charge is 0.391 e. The van der Waals surface area contributed by atoms with Gasteiger partial charge in [0, 0.05) is 6.20 Å². The van der Waals surface area contributed by atoms with Crippen LogP contribution in [0.5, 0.6) is 0 Å². The van der Waals surface area contributed by atoms with Crippen LogP contribution in [0.3, 0.4) is 0 Å². The Morgan fingerprint density at radius 2 is 1.95 bits per heavy atom. The fourth-order valence-electron chi connectivity index (χ4n) is 2.61. The van der Waals surface area contributed by atoms with Crippen molar-refractivity contribution in [2.45, 2.75) is 50.5 Å². The summed E-state index contributed by atoms with van der Waals surface area (Å²) in [5, 5.41) is 9.48. The summed E-state index contributed by atoms with van der Waals surface area (Å²) in [7, 11) is 0. The van der Waals surface area contributed by atoms with Crippen molar-refractivity contribution in [1.29, 1.82) is 0 Å². The van der Waals surface area contributed by atoms with Gasteiger partial charge in [0.15, 0.2) is 0 Å². The van der Waals surface area contributed by atoms with Crippen LogP contribution in [0.4, 0.5) is 0 Å². The second-order valence-corrected chi connectivity index (χ2v) is 5.58. The van der Waals surface area contributed by atoms with Crippen molar-refractivity contribution in [3.8, 4) is 0 Å². The van der Waals surface area contributed by atoms with Gasteiger partial charge in [-0.15, -0.1) is 0 Å². The number of hydrogen-bond donors (Lipinski definition) is 3. The maximum Gasteiger partial charge on any atom is 0.270 e. The second kappa shape index (κ2) is 6.14. The SMILES string of the molecule is NC(=S)C1(NC(=O)c2ccn[nH]2)CCCCCCC1. The number of aromatic nitrogens is 2. The predicted octanol–water partition coefficient (Wildman–Crippen LogP) is 1.91. The van der Waals surface area contributed by atoms with E-state index in [1.54, 1.807) is 12.3 Å². The van der Waals surface area contributed by atoms with Crippen molar-refractivity contribution >= 4 is 23.1 Å². The zero-order valence-electron chi connectivity index (χ0n) is 10.9. The molecule has 1 aliphatic rings. The van der Waals surface area contributed by atoms with E-state index < -0.39 is 5.54 Å². The minimum atomic E-state index is -0.544. The van der Waals surface area contributed by atoms with Crippen molar-refractivity contribution in [3.05, 3.63) is 18.0 Å². The van der Waals surface area contributed by atoms with E-state index in [1.807, 2.05) is 0 Å². The quantitative estimate of drug-likeness (QED) is 0.738. The van der Waals surface area contributed by atoms with Gasteiger partial charge in [-0.05, 0) is 18.9 Å². The third kappa shape index (κ3) is 3.32. The summed E-state index contributed by atoms with van der Waals surface area (Å²) in [4.78, 5) is 12.6. The molecule has 1 aromatic rings. The molecule has 0 spiro atoms. The Kier molecular flexibility index (Phi) is 4.52. The lowest BCUT2D eigenvalue weighted by atomic mass is 9.83. The highest BCUT2D eigenvalue weighted by atomic mass is 32.1. The zero-order valence-corrected chi connectivity index (χ0v) is 11.8. The summed E-state index contributed by atoms with van der Waals surface area (Å²) < 4.78 is 0. The zero-order chi connectivity index (χ0) is 13.7.